The van der Waals surface area contributed by atoms with Crippen LogP contribution in [-0.4, -0.2) is 24.7 Å². The number of rotatable bonds is 6. The average Bonchev–Trinajstić information content (AvgIpc) is 2.36. The summed E-state index contributed by atoms with van der Waals surface area (Å²) in [6.07, 6.45) is 0.140. The lowest BCUT2D eigenvalue weighted by Crippen LogP contribution is -2.18. The predicted molar refractivity (Wildman–Crippen MR) is 65.9 cm³/mol. The SMILES string of the molecule is CCOc1ccc(C(O)CCC(=O)NC)cc1. The van der Waals surface area contributed by atoms with Crippen LogP contribution in [0.4, 0.5) is 0 Å². The molecule has 0 aliphatic carbocycles. The van der Waals surface area contributed by atoms with E-state index in [2.05, 4.69) is 5.32 Å². The van der Waals surface area contributed by atoms with Gasteiger partial charge in [-0.1, -0.05) is 12.1 Å². The summed E-state index contributed by atoms with van der Waals surface area (Å²) in [7, 11) is 1.59. The highest BCUT2D eigenvalue weighted by molar-refractivity contribution is 5.75. The molecule has 4 heteroatoms. The fourth-order valence-corrected chi connectivity index (χ4v) is 1.51. The number of amides is 1. The van der Waals surface area contributed by atoms with Crippen molar-refractivity contribution < 1.29 is 14.6 Å². The lowest BCUT2D eigenvalue weighted by atomic mass is 10.0. The summed E-state index contributed by atoms with van der Waals surface area (Å²) in [6, 6.07) is 7.28. The number of nitrogens with one attached hydrogen (secondary N) is 1. The zero-order valence-corrected chi connectivity index (χ0v) is 10.3. The maximum absolute atomic E-state index is 11.0. The van der Waals surface area contributed by atoms with E-state index in [-0.39, 0.29) is 5.91 Å². The smallest absolute Gasteiger partial charge is 0.219 e. The molecule has 0 bridgehead atoms. The van der Waals surface area contributed by atoms with E-state index < -0.39 is 6.10 Å². The lowest BCUT2D eigenvalue weighted by molar-refractivity contribution is -0.121. The Morgan fingerprint density at radius 3 is 2.59 bits per heavy atom. The molecule has 1 aromatic rings. The van der Waals surface area contributed by atoms with Gasteiger partial charge in [0, 0.05) is 13.5 Å². The molecular formula is C13H19NO3. The number of aliphatic hydroxyl groups is 1. The molecule has 94 valence electrons. The molecule has 4 nitrogen and oxygen atoms in total. The van der Waals surface area contributed by atoms with Crippen molar-refractivity contribution in [2.75, 3.05) is 13.7 Å². The first-order chi connectivity index (χ1) is 8.17. The van der Waals surface area contributed by atoms with Crippen molar-refractivity contribution in [1.82, 2.24) is 5.32 Å². The predicted octanol–water partition coefficient (Wildman–Crippen LogP) is 1.64. The third kappa shape index (κ3) is 4.44. The highest BCUT2D eigenvalue weighted by Crippen LogP contribution is 2.21. The molecule has 0 aromatic heterocycles. The minimum Gasteiger partial charge on any atom is -0.494 e. The lowest BCUT2D eigenvalue weighted by Gasteiger charge is -2.11. The first-order valence-electron chi connectivity index (χ1n) is 5.78. The van der Waals surface area contributed by atoms with Gasteiger partial charge in [0.1, 0.15) is 5.75 Å². The summed E-state index contributed by atoms with van der Waals surface area (Å²) in [4.78, 5) is 11.0. The molecule has 1 rings (SSSR count). The Hall–Kier alpha value is -1.55. The van der Waals surface area contributed by atoms with Crippen LogP contribution in [0.15, 0.2) is 24.3 Å². The quantitative estimate of drug-likeness (QED) is 0.791. The molecule has 1 aromatic carbocycles. The van der Waals surface area contributed by atoms with E-state index in [1.807, 2.05) is 31.2 Å². The molecular weight excluding hydrogens is 218 g/mol. The van der Waals surface area contributed by atoms with Crippen LogP contribution in [0.3, 0.4) is 0 Å². The van der Waals surface area contributed by atoms with E-state index in [0.29, 0.717) is 19.4 Å². The Kier molecular flexibility index (Phi) is 5.49. The van der Waals surface area contributed by atoms with Crippen LogP contribution in [0.5, 0.6) is 5.75 Å². The minimum absolute atomic E-state index is 0.0602. The third-order valence-electron chi connectivity index (χ3n) is 2.50. The molecule has 1 unspecified atom stereocenters. The molecule has 0 spiro atoms. The second kappa shape index (κ2) is 6.91. The molecule has 1 atom stereocenters. The van der Waals surface area contributed by atoms with Crippen LogP contribution in [0, 0.1) is 0 Å². The summed E-state index contributed by atoms with van der Waals surface area (Å²) in [5.41, 5.74) is 0.803. The normalized spacial score (nSPS) is 11.9. The Balaban J connectivity index is 2.51. The number of ether oxygens (including phenoxy) is 1. The van der Waals surface area contributed by atoms with Crippen molar-refractivity contribution in [3.8, 4) is 5.75 Å². The van der Waals surface area contributed by atoms with Gasteiger partial charge in [-0.25, -0.2) is 0 Å². The zero-order valence-electron chi connectivity index (χ0n) is 10.3. The molecule has 0 fully saturated rings. The molecule has 2 N–H and O–H groups in total. The van der Waals surface area contributed by atoms with Crippen LogP contribution in [-0.2, 0) is 4.79 Å². The Labute approximate surface area is 102 Å². The van der Waals surface area contributed by atoms with E-state index in [1.165, 1.54) is 0 Å². The fourth-order valence-electron chi connectivity index (χ4n) is 1.51. The van der Waals surface area contributed by atoms with Gasteiger partial charge in [0.25, 0.3) is 0 Å². The number of carbonyl (C=O) groups excluding carboxylic acids is 1. The van der Waals surface area contributed by atoms with Gasteiger partial charge in [-0.15, -0.1) is 0 Å². The van der Waals surface area contributed by atoms with Gasteiger partial charge in [0.05, 0.1) is 12.7 Å². The van der Waals surface area contributed by atoms with E-state index in [1.54, 1.807) is 7.05 Å². The second-order valence-corrected chi connectivity index (χ2v) is 3.73. The van der Waals surface area contributed by atoms with Crippen molar-refractivity contribution in [1.29, 1.82) is 0 Å². The molecule has 1 amide bonds. The number of carbonyl (C=O) groups is 1. The largest absolute Gasteiger partial charge is 0.494 e. The average molecular weight is 237 g/mol. The van der Waals surface area contributed by atoms with Gasteiger partial charge in [0.15, 0.2) is 0 Å². The van der Waals surface area contributed by atoms with Crippen molar-refractivity contribution >= 4 is 5.91 Å². The molecule has 0 radical (unpaired) electrons. The van der Waals surface area contributed by atoms with Crippen LogP contribution in [0.1, 0.15) is 31.4 Å². The standard InChI is InChI=1S/C13H19NO3/c1-3-17-11-6-4-10(5-7-11)12(15)8-9-13(16)14-2/h4-7,12,15H,3,8-9H2,1-2H3,(H,14,16). The molecule has 0 aliphatic rings. The van der Waals surface area contributed by atoms with Crippen molar-refractivity contribution in [2.24, 2.45) is 0 Å². The first-order valence-corrected chi connectivity index (χ1v) is 5.78. The fraction of sp³-hybridized carbons (Fsp3) is 0.462. The van der Waals surface area contributed by atoms with Gasteiger partial charge < -0.3 is 15.2 Å². The van der Waals surface area contributed by atoms with E-state index >= 15 is 0 Å². The molecule has 0 aliphatic heterocycles. The third-order valence-corrected chi connectivity index (χ3v) is 2.50. The minimum atomic E-state index is -0.608. The summed E-state index contributed by atoms with van der Waals surface area (Å²) in [5, 5.41) is 12.4. The van der Waals surface area contributed by atoms with E-state index in [9.17, 15) is 9.90 Å². The Morgan fingerprint density at radius 2 is 2.06 bits per heavy atom. The summed E-state index contributed by atoms with van der Waals surface area (Å²) in [6.45, 7) is 2.55. The summed E-state index contributed by atoms with van der Waals surface area (Å²) < 4.78 is 5.31. The molecule has 0 saturated heterocycles. The van der Waals surface area contributed by atoms with Crippen LogP contribution >= 0.6 is 0 Å². The first kappa shape index (κ1) is 13.5. The van der Waals surface area contributed by atoms with Crippen molar-refractivity contribution in [3.63, 3.8) is 0 Å². The summed E-state index contributed by atoms with van der Waals surface area (Å²) >= 11 is 0. The van der Waals surface area contributed by atoms with E-state index in [4.69, 9.17) is 4.74 Å². The molecule has 0 heterocycles. The van der Waals surface area contributed by atoms with Crippen LogP contribution < -0.4 is 10.1 Å². The molecule has 0 saturated carbocycles. The Bertz CT molecular complexity index is 348. The van der Waals surface area contributed by atoms with Gasteiger partial charge in [0.2, 0.25) is 5.91 Å². The maximum atomic E-state index is 11.0. The highest BCUT2D eigenvalue weighted by Gasteiger charge is 2.09. The zero-order chi connectivity index (χ0) is 12.7. The van der Waals surface area contributed by atoms with Crippen LogP contribution in [0.2, 0.25) is 0 Å². The topological polar surface area (TPSA) is 58.6 Å². The van der Waals surface area contributed by atoms with Gasteiger partial charge in [-0.2, -0.15) is 0 Å². The number of benzene rings is 1. The van der Waals surface area contributed by atoms with E-state index in [0.717, 1.165) is 11.3 Å². The van der Waals surface area contributed by atoms with Crippen molar-refractivity contribution in [3.05, 3.63) is 29.8 Å². The van der Waals surface area contributed by atoms with Crippen molar-refractivity contribution in [2.45, 2.75) is 25.9 Å². The monoisotopic (exact) mass is 237 g/mol. The van der Waals surface area contributed by atoms with Gasteiger partial charge in [-0.05, 0) is 31.0 Å². The highest BCUT2D eigenvalue weighted by atomic mass is 16.5. The summed E-state index contributed by atoms with van der Waals surface area (Å²) in [5.74, 6) is 0.727. The Morgan fingerprint density at radius 1 is 1.41 bits per heavy atom. The van der Waals surface area contributed by atoms with Gasteiger partial charge in [-0.3, -0.25) is 4.79 Å². The maximum Gasteiger partial charge on any atom is 0.219 e. The number of hydrogen-bond donors (Lipinski definition) is 2. The number of aliphatic hydroxyl groups excluding tert-OH is 1. The molecule has 17 heavy (non-hydrogen) atoms. The van der Waals surface area contributed by atoms with Gasteiger partial charge >= 0.3 is 0 Å². The second-order valence-electron chi connectivity index (χ2n) is 3.73. The number of hydrogen-bond acceptors (Lipinski definition) is 3. The van der Waals surface area contributed by atoms with Crippen LogP contribution in [0.25, 0.3) is 0 Å².